The van der Waals surface area contributed by atoms with Crippen molar-refractivity contribution in [2.24, 2.45) is 0 Å². The molecule has 0 aliphatic carbocycles. The Hall–Kier alpha value is -4.38. The molecular formula is C29H23IN2O6. The second-order valence-corrected chi connectivity index (χ2v) is 9.31. The highest BCUT2D eigenvalue weighted by Gasteiger charge is 2.22. The van der Waals surface area contributed by atoms with Crippen LogP contribution in [0.15, 0.2) is 103 Å². The number of hydrogen-bond acceptors (Lipinski definition) is 5. The minimum absolute atomic E-state index is 0.0639. The van der Waals surface area contributed by atoms with Gasteiger partial charge in [-0.3, -0.25) is 10.1 Å². The molecule has 4 aromatic rings. The third-order valence-electron chi connectivity index (χ3n) is 5.38. The fourth-order valence-electron chi connectivity index (χ4n) is 3.49. The van der Waals surface area contributed by atoms with Crippen molar-refractivity contribution >= 4 is 46.2 Å². The lowest BCUT2D eigenvalue weighted by Crippen LogP contribution is -2.42. The van der Waals surface area contributed by atoms with Crippen molar-refractivity contribution in [1.29, 1.82) is 0 Å². The van der Waals surface area contributed by atoms with Gasteiger partial charge in [0.1, 0.15) is 23.3 Å². The molecule has 9 heteroatoms. The van der Waals surface area contributed by atoms with Gasteiger partial charge >= 0.3 is 12.1 Å². The normalized spacial score (nSPS) is 11.2. The molecular weight excluding hydrogens is 599 g/mol. The molecule has 0 spiro atoms. The van der Waals surface area contributed by atoms with E-state index in [1.807, 2.05) is 52.9 Å². The van der Waals surface area contributed by atoms with Crippen LogP contribution < -0.4 is 20.1 Å². The summed E-state index contributed by atoms with van der Waals surface area (Å²) in [6.45, 7) is 0. The Kier molecular flexibility index (Phi) is 8.94. The van der Waals surface area contributed by atoms with E-state index in [-0.39, 0.29) is 12.2 Å². The minimum atomic E-state index is -1.15. The van der Waals surface area contributed by atoms with Crippen molar-refractivity contribution in [3.8, 4) is 17.2 Å². The highest BCUT2D eigenvalue weighted by molar-refractivity contribution is 14.1. The molecule has 0 aliphatic heterocycles. The van der Waals surface area contributed by atoms with Crippen LogP contribution in [0.25, 0.3) is 0 Å². The first kappa shape index (κ1) is 26.7. The van der Waals surface area contributed by atoms with Crippen LogP contribution in [0.2, 0.25) is 0 Å². The van der Waals surface area contributed by atoms with E-state index >= 15 is 0 Å². The van der Waals surface area contributed by atoms with E-state index in [4.69, 9.17) is 9.47 Å². The Bertz CT molecular complexity index is 1410. The van der Waals surface area contributed by atoms with Crippen LogP contribution in [0.5, 0.6) is 17.2 Å². The molecule has 0 aliphatic rings. The van der Waals surface area contributed by atoms with Gasteiger partial charge in [-0.2, -0.15) is 0 Å². The van der Waals surface area contributed by atoms with Crippen molar-refractivity contribution < 1.29 is 29.0 Å². The number of aliphatic carboxylic acids is 1. The van der Waals surface area contributed by atoms with E-state index in [2.05, 4.69) is 10.6 Å². The van der Waals surface area contributed by atoms with Crippen LogP contribution in [0.3, 0.4) is 0 Å². The van der Waals surface area contributed by atoms with Crippen molar-refractivity contribution in [1.82, 2.24) is 5.32 Å². The van der Waals surface area contributed by atoms with Gasteiger partial charge in [0.2, 0.25) is 0 Å². The van der Waals surface area contributed by atoms with Crippen LogP contribution in [0, 0.1) is 3.57 Å². The lowest BCUT2D eigenvalue weighted by Gasteiger charge is -2.15. The molecule has 2 amide bonds. The molecule has 4 aromatic carbocycles. The maximum atomic E-state index is 12.5. The van der Waals surface area contributed by atoms with Gasteiger partial charge in [-0.1, -0.05) is 42.5 Å². The zero-order chi connectivity index (χ0) is 26.9. The Balaban J connectivity index is 1.30. The number of halogens is 1. The maximum absolute atomic E-state index is 12.5. The number of carbonyl (C=O) groups excluding carboxylic acids is 2. The molecule has 0 saturated heterocycles. The summed E-state index contributed by atoms with van der Waals surface area (Å²) in [6.07, 6.45) is -0.614. The number of carboxylic acids is 1. The van der Waals surface area contributed by atoms with Crippen molar-refractivity contribution in [2.75, 3.05) is 5.32 Å². The van der Waals surface area contributed by atoms with Crippen molar-refractivity contribution in [2.45, 2.75) is 12.5 Å². The third kappa shape index (κ3) is 7.56. The Morgan fingerprint density at radius 2 is 1.37 bits per heavy atom. The van der Waals surface area contributed by atoms with E-state index in [9.17, 15) is 19.5 Å². The number of nitrogens with one attached hydrogen (secondary N) is 2. The largest absolute Gasteiger partial charge is 0.480 e. The molecule has 0 saturated carbocycles. The molecule has 1 atom stereocenters. The number of amides is 2. The Morgan fingerprint density at radius 3 is 2.03 bits per heavy atom. The second-order valence-electron chi connectivity index (χ2n) is 8.15. The standard InChI is InChI=1S/C29H23IN2O6/c30-25-9-5-4-8-24(25)27(33)32-26(28(34)35)18-19-10-14-23(15-11-19)38-29(36)31-20-12-16-22(17-13-20)37-21-6-2-1-3-7-21/h1-17,26H,18H2,(H,31,36)(H,32,33)(H,34,35)/t26-/m0/s1. The van der Waals surface area contributed by atoms with Crippen LogP contribution in [-0.2, 0) is 11.2 Å². The number of carbonyl (C=O) groups is 3. The molecule has 4 rings (SSSR count). The number of carboxylic acid groups (broad SMARTS) is 1. The molecule has 0 heterocycles. The Labute approximate surface area is 232 Å². The SMILES string of the molecule is O=C(Nc1ccc(Oc2ccccc2)cc1)Oc1ccc(C[C@H](NC(=O)c2ccccc2I)C(=O)O)cc1. The smallest absolute Gasteiger partial charge is 0.417 e. The van der Waals surface area contributed by atoms with Gasteiger partial charge < -0.3 is 19.9 Å². The van der Waals surface area contributed by atoms with E-state index in [1.165, 1.54) is 0 Å². The molecule has 0 unspecified atom stereocenters. The Morgan fingerprint density at radius 1 is 0.763 bits per heavy atom. The number of para-hydroxylation sites is 1. The summed E-state index contributed by atoms with van der Waals surface area (Å²) in [5.74, 6) is 0.00653. The van der Waals surface area contributed by atoms with Gasteiger partial charge in [0.15, 0.2) is 0 Å². The van der Waals surface area contributed by atoms with E-state index in [0.717, 1.165) is 3.57 Å². The third-order valence-corrected chi connectivity index (χ3v) is 6.32. The average Bonchev–Trinajstić information content (AvgIpc) is 2.91. The fraction of sp³-hybridized carbons (Fsp3) is 0.0690. The minimum Gasteiger partial charge on any atom is -0.480 e. The molecule has 0 radical (unpaired) electrons. The van der Waals surface area contributed by atoms with Gasteiger partial charge in [0, 0.05) is 15.7 Å². The predicted molar refractivity (Wildman–Crippen MR) is 151 cm³/mol. The number of anilines is 1. The first-order chi connectivity index (χ1) is 18.4. The maximum Gasteiger partial charge on any atom is 0.417 e. The van der Waals surface area contributed by atoms with Gasteiger partial charge in [0.25, 0.3) is 5.91 Å². The van der Waals surface area contributed by atoms with E-state index in [0.29, 0.717) is 28.3 Å². The lowest BCUT2D eigenvalue weighted by atomic mass is 10.1. The highest BCUT2D eigenvalue weighted by Crippen LogP contribution is 2.23. The molecule has 0 bridgehead atoms. The van der Waals surface area contributed by atoms with Gasteiger partial charge in [-0.25, -0.2) is 9.59 Å². The summed E-state index contributed by atoms with van der Waals surface area (Å²) in [6, 6.07) is 28.4. The zero-order valence-electron chi connectivity index (χ0n) is 20.0. The fourth-order valence-corrected chi connectivity index (χ4v) is 4.12. The lowest BCUT2D eigenvalue weighted by molar-refractivity contribution is -0.139. The summed E-state index contributed by atoms with van der Waals surface area (Å²) in [5.41, 5.74) is 1.59. The highest BCUT2D eigenvalue weighted by atomic mass is 127. The zero-order valence-corrected chi connectivity index (χ0v) is 22.1. The second kappa shape index (κ2) is 12.7. The molecule has 3 N–H and O–H groups in total. The number of benzene rings is 4. The van der Waals surface area contributed by atoms with Gasteiger partial charge in [-0.15, -0.1) is 0 Å². The summed E-state index contributed by atoms with van der Waals surface area (Å²) >= 11 is 2.03. The van der Waals surface area contributed by atoms with Gasteiger partial charge in [-0.05, 0) is 88.8 Å². The molecule has 0 fully saturated rings. The van der Waals surface area contributed by atoms with Crippen molar-refractivity contribution in [3.63, 3.8) is 0 Å². The van der Waals surface area contributed by atoms with Crippen LogP contribution in [-0.4, -0.2) is 29.1 Å². The predicted octanol–water partition coefficient (Wildman–Crippen LogP) is 6.12. The summed E-state index contributed by atoms with van der Waals surface area (Å²) in [4.78, 5) is 36.6. The molecule has 8 nitrogen and oxygen atoms in total. The molecule has 192 valence electrons. The summed E-state index contributed by atoms with van der Waals surface area (Å²) in [7, 11) is 0. The van der Waals surface area contributed by atoms with E-state index in [1.54, 1.807) is 72.8 Å². The topological polar surface area (TPSA) is 114 Å². The quantitative estimate of drug-likeness (QED) is 0.194. The molecule has 38 heavy (non-hydrogen) atoms. The first-order valence-corrected chi connectivity index (χ1v) is 12.6. The van der Waals surface area contributed by atoms with Crippen molar-refractivity contribution in [3.05, 3.63) is 118 Å². The number of rotatable bonds is 9. The van der Waals surface area contributed by atoms with E-state index < -0.39 is 24.0 Å². The monoisotopic (exact) mass is 622 g/mol. The average molecular weight is 622 g/mol. The first-order valence-electron chi connectivity index (χ1n) is 11.6. The van der Waals surface area contributed by atoms with Crippen LogP contribution in [0.1, 0.15) is 15.9 Å². The van der Waals surface area contributed by atoms with Crippen LogP contribution >= 0.6 is 22.6 Å². The van der Waals surface area contributed by atoms with Gasteiger partial charge in [0.05, 0.1) is 5.56 Å². The molecule has 0 aromatic heterocycles. The summed E-state index contributed by atoms with van der Waals surface area (Å²) in [5, 5.41) is 14.8. The number of hydrogen-bond donors (Lipinski definition) is 3. The number of ether oxygens (including phenoxy) is 2. The summed E-state index contributed by atoms with van der Waals surface area (Å²) < 4.78 is 11.8. The van der Waals surface area contributed by atoms with Crippen LogP contribution in [0.4, 0.5) is 10.5 Å².